The molecule has 0 fully saturated rings. The molecule has 0 unspecified atom stereocenters. The van der Waals surface area contributed by atoms with Gasteiger partial charge < -0.3 is 0 Å². The second kappa shape index (κ2) is 6.41. The van der Waals surface area contributed by atoms with Crippen molar-refractivity contribution in [1.29, 1.82) is 0 Å². The Hall–Kier alpha value is -3.28. The molecule has 0 atom stereocenters. The molecule has 0 bridgehead atoms. The first-order valence-electron chi connectivity index (χ1n) is 8.74. The van der Waals surface area contributed by atoms with Crippen LogP contribution in [-0.4, -0.2) is 40.0 Å². The molecule has 3 heterocycles. The van der Waals surface area contributed by atoms with Gasteiger partial charge in [-0.25, -0.2) is 0 Å². The van der Waals surface area contributed by atoms with Crippen molar-refractivity contribution in [3.8, 4) is 5.69 Å². The maximum absolute atomic E-state index is 12.9. The number of ketones is 1. The van der Waals surface area contributed by atoms with E-state index in [9.17, 15) is 4.79 Å². The summed E-state index contributed by atoms with van der Waals surface area (Å²) >= 11 is -0.298. The summed E-state index contributed by atoms with van der Waals surface area (Å²) in [5, 5.41) is 4.60. The fourth-order valence-corrected chi connectivity index (χ4v) is 5.28. The number of carbonyl (C=O) groups is 1. The van der Waals surface area contributed by atoms with Gasteiger partial charge in [-0.1, -0.05) is 0 Å². The van der Waals surface area contributed by atoms with Gasteiger partial charge >= 0.3 is 166 Å². The third-order valence-corrected chi connectivity index (χ3v) is 6.86. The van der Waals surface area contributed by atoms with E-state index in [1.54, 1.807) is 16.8 Å². The van der Waals surface area contributed by atoms with Crippen molar-refractivity contribution < 1.29 is 4.79 Å². The van der Waals surface area contributed by atoms with E-state index >= 15 is 0 Å². The number of nitrogens with two attached hydrogens (primary N) is 1. The van der Waals surface area contributed by atoms with Gasteiger partial charge in [0.1, 0.15) is 0 Å². The fourth-order valence-electron chi connectivity index (χ4n) is 3.19. The molecule has 7 heteroatoms. The number of carbonyl (C=O) groups excluding carboxylic acids is 1. The van der Waals surface area contributed by atoms with Crippen LogP contribution in [0, 0.1) is 6.92 Å². The van der Waals surface area contributed by atoms with Crippen LogP contribution >= 0.6 is 0 Å². The van der Waals surface area contributed by atoms with Gasteiger partial charge in [0.15, 0.2) is 0 Å². The first-order chi connectivity index (χ1) is 13.6. The van der Waals surface area contributed by atoms with Crippen molar-refractivity contribution in [3.05, 3.63) is 76.4 Å². The van der Waals surface area contributed by atoms with E-state index in [1.165, 1.54) is 0 Å². The van der Waals surface area contributed by atoms with Gasteiger partial charge in [0, 0.05) is 0 Å². The van der Waals surface area contributed by atoms with E-state index in [1.807, 2.05) is 55.5 Å². The van der Waals surface area contributed by atoms with Gasteiger partial charge in [0.2, 0.25) is 0 Å². The van der Waals surface area contributed by atoms with Crippen molar-refractivity contribution in [2.45, 2.75) is 6.92 Å². The molecule has 0 aliphatic rings. The van der Waals surface area contributed by atoms with Gasteiger partial charge in [-0.15, -0.1) is 0 Å². The zero-order valence-corrected chi connectivity index (χ0v) is 16.7. The number of nitrogens with zero attached hydrogens (tertiary/aromatic N) is 4. The molecule has 0 saturated carbocycles. The van der Waals surface area contributed by atoms with Crippen LogP contribution in [-0.2, 0) is 0 Å². The van der Waals surface area contributed by atoms with Gasteiger partial charge in [-0.05, 0) is 0 Å². The third kappa shape index (κ3) is 2.56. The van der Waals surface area contributed by atoms with Crippen LogP contribution in [0.25, 0.3) is 26.8 Å². The Morgan fingerprint density at radius 3 is 2.36 bits per heavy atom. The predicted octanol–water partition coefficient (Wildman–Crippen LogP) is 3.15. The van der Waals surface area contributed by atoms with Crippen molar-refractivity contribution in [2.75, 3.05) is 5.73 Å². The van der Waals surface area contributed by atoms with Crippen molar-refractivity contribution in [1.82, 2.24) is 19.7 Å². The van der Waals surface area contributed by atoms with Crippen LogP contribution in [0.2, 0.25) is 0 Å². The molecule has 0 amide bonds. The Labute approximate surface area is 166 Å². The summed E-state index contributed by atoms with van der Waals surface area (Å²) in [5.74, 6) is -0.0524. The topological polar surface area (TPSA) is 86.7 Å². The van der Waals surface area contributed by atoms with Crippen LogP contribution in [0.15, 0.2) is 60.7 Å². The summed E-state index contributed by atoms with van der Waals surface area (Å²) in [7, 11) is 0. The molecule has 0 radical (unpaired) electrons. The number of fused-ring (bicyclic) bond motifs is 2. The number of hydrogen-bond donors (Lipinski definition) is 1. The minimum absolute atomic E-state index is 0.0524. The Morgan fingerprint density at radius 1 is 0.964 bits per heavy atom. The van der Waals surface area contributed by atoms with Crippen LogP contribution < -0.4 is 5.73 Å². The SMILES string of the molecule is Cc1nn(-c2ccccc2)c2nc3[se]c(C(=O)c4ccccc4)c(N)c3nc12. The molecule has 0 aliphatic carbocycles. The summed E-state index contributed by atoms with van der Waals surface area (Å²) in [6.45, 7) is 1.90. The molecule has 0 spiro atoms. The monoisotopic (exact) mass is 433 g/mol. The molecule has 2 aromatic carbocycles. The van der Waals surface area contributed by atoms with Crippen molar-refractivity contribution in [3.63, 3.8) is 0 Å². The van der Waals surface area contributed by atoms with E-state index < -0.39 is 0 Å². The molecule has 3 aromatic heterocycles. The molecule has 5 rings (SSSR count). The number of rotatable bonds is 3. The first kappa shape index (κ1) is 16.9. The van der Waals surface area contributed by atoms with E-state index in [2.05, 4.69) is 5.10 Å². The molecular weight excluding hydrogens is 417 g/mol. The summed E-state index contributed by atoms with van der Waals surface area (Å²) in [4.78, 5) is 22.5. The number of para-hydroxylation sites is 1. The molecule has 6 nitrogen and oxygen atoms in total. The molecule has 2 N–H and O–H groups in total. The number of anilines is 1. The summed E-state index contributed by atoms with van der Waals surface area (Å²) in [6.07, 6.45) is 0. The van der Waals surface area contributed by atoms with E-state index in [-0.39, 0.29) is 20.3 Å². The number of nitrogen functional groups attached to an aromatic ring is 1. The van der Waals surface area contributed by atoms with Gasteiger partial charge in [-0.2, -0.15) is 0 Å². The molecule has 5 aromatic rings. The molecule has 28 heavy (non-hydrogen) atoms. The summed E-state index contributed by atoms with van der Waals surface area (Å²) < 4.78 is 3.17. The van der Waals surface area contributed by atoms with Crippen LogP contribution in [0.4, 0.5) is 5.69 Å². The Kier molecular flexibility index (Phi) is 3.86. The quantitative estimate of drug-likeness (QED) is 0.350. The van der Waals surface area contributed by atoms with Crippen LogP contribution in [0.3, 0.4) is 0 Å². The predicted molar refractivity (Wildman–Crippen MR) is 110 cm³/mol. The standard InChI is InChI=1S/C21H15N5OSe/c1-12-16-20(26(25-12)14-10-6-3-7-11-14)24-21-17(23-16)15(22)19(28-21)18(27)13-8-4-2-5-9-13/h2-11H,22H2,1H3. The van der Waals surface area contributed by atoms with Crippen LogP contribution in [0.5, 0.6) is 0 Å². The van der Waals surface area contributed by atoms with Gasteiger partial charge in [-0.3, -0.25) is 0 Å². The number of aryl methyl sites for hydroxylation is 1. The second-order valence-electron chi connectivity index (χ2n) is 6.42. The van der Waals surface area contributed by atoms with E-state index in [0.29, 0.717) is 32.4 Å². The average molecular weight is 432 g/mol. The van der Waals surface area contributed by atoms with Gasteiger partial charge in [0.05, 0.1) is 0 Å². The second-order valence-corrected chi connectivity index (χ2v) is 8.52. The number of benzene rings is 2. The Balaban J connectivity index is 1.73. The Morgan fingerprint density at radius 2 is 1.64 bits per heavy atom. The minimum atomic E-state index is -0.298. The summed E-state index contributed by atoms with van der Waals surface area (Å²) in [6, 6.07) is 19.0. The molecule has 0 saturated heterocycles. The number of aromatic nitrogens is 4. The van der Waals surface area contributed by atoms with Gasteiger partial charge in [0.25, 0.3) is 0 Å². The van der Waals surface area contributed by atoms with Crippen molar-refractivity contribution in [2.24, 2.45) is 0 Å². The normalized spacial score (nSPS) is 11.3. The summed E-state index contributed by atoms with van der Waals surface area (Å²) in [5.41, 5.74) is 11.1. The number of hydrogen-bond acceptors (Lipinski definition) is 5. The average Bonchev–Trinajstić information content (AvgIpc) is 3.24. The Bertz CT molecular complexity index is 1340. The van der Waals surface area contributed by atoms with E-state index in [0.717, 1.165) is 15.8 Å². The molecule has 136 valence electrons. The first-order valence-corrected chi connectivity index (χ1v) is 10.5. The van der Waals surface area contributed by atoms with Crippen LogP contribution in [0.1, 0.15) is 20.5 Å². The van der Waals surface area contributed by atoms with E-state index in [4.69, 9.17) is 15.7 Å². The zero-order chi connectivity index (χ0) is 19.3. The van der Waals surface area contributed by atoms with Crippen molar-refractivity contribution >= 4 is 47.0 Å². The third-order valence-electron chi connectivity index (χ3n) is 4.58. The zero-order valence-electron chi connectivity index (χ0n) is 15.0. The maximum atomic E-state index is 12.9. The fraction of sp³-hybridized carbons (Fsp3) is 0.0476. The molecule has 0 aliphatic heterocycles. The molecular formula is C21H15N5OSe.